The Hall–Kier alpha value is -5.48. The Labute approximate surface area is 280 Å². The van der Waals surface area contributed by atoms with Gasteiger partial charge in [0, 0.05) is 41.3 Å². The van der Waals surface area contributed by atoms with Gasteiger partial charge in [0.25, 0.3) is 0 Å². The molecule has 0 aliphatic carbocycles. The number of aromatic nitrogens is 1. The Morgan fingerprint density at radius 1 is 0.362 bits per heavy atom. The Morgan fingerprint density at radius 2 is 0.894 bits per heavy atom. The van der Waals surface area contributed by atoms with E-state index in [-0.39, 0.29) is 0 Å². The van der Waals surface area contributed by atoms with Gasteiger partial charge in [-0.05, 0) is 63.7 Å². The SMILES string of the molecule is c1ccc(-c2cccc3c2sc2cccc(-c4ccccc4-c4cccc5sc6c7ccccc7n(-c7ccccc7)c6c45)c23)cc1. The zero-order chi connectivity index (χ0) is 30.9. The fraction of sp³-hybridized carbons (Fsp3) is 0. The molecule has 0 N–H and O–H groups in total. The molecule has 7 aromatic carbocycles. The molecule has 0 spiro atoms. The summed E-state index contributed by atoms with van der Waals surface area (Å²) in [6, 6.07) is 59.8. The van der Waals surface area contributed by atoms with Gasteiger partial charge in [-0.15, -0.1) is 22.7 Å². The second kappa shape index (κ2) is 10.5. The van der Waals surface area contributed by atoms with Gasteiger partial charge >= 0.3 is 0 Å². The first kappa shape index (κ1) is 26.7. The summed E-state index contributed by atoms with van der Waals surface area (Å²) in [5.74, 6) is 0. The molecule has 10 rings (SSSR count). The van der Waals surface area contributed by atoms with Crippen molar-refractivity contribution >= 4 is 74.1 Å². The van der Waals surface area contributed by atoms with Crippen LogP contribution in [-0.4, -0.2) is 4.57 Å². The monoisotopic (exact) mass is 633 g/mol. The molecule has 0 saturated heterocycles. The number of hydrogen-bond donors (Lipinski definition) is 0. The third-order valence-corrected chi connectivity index (χ3v) is 11.8. The lowest BCUT2D eigenvalue weighted by Crippen LogP contribution is -1.94. The van der Waals surface area contributed by atoms with Gasteiger partial charge < -0.3 is 4.57 Å². The van der Waals surface area contributed by atoms with Crippen LogP contribution in [0.25, 0.3) is 90.4 Å². The topological polar surface area (TPSA) is 4.93 Å². The zero-order valence-corrected chi connectivity index (χ0v) is 27.0. The highest BCUT2D eigenvalue weighted by Crippen LogP contribution is 2.49. The number of hydrogen-bond acceptors (Lipinski definition) is 2. The van der Waals surface area contributed by atoms with Gasteiger partial charge in [-0.2, -0.15) is 0 Å². The standard InChI is InChI=1S/C44H27NS2/c1-3-14-28(15-4-1)30-21-11-24-36-40-33(22-12-26-38(40)46-43(30)36)31-18-7-8-19-32(31)34-23-13-27-39-41(34)42-44(47-39)35-20-9-10-25-37(35)45(42)29-16-5-2-6-17-29/h1-27H. The quantitative estimate of drug-likeness (QED) is 0.182. The Bertz CT molecular complexity index is 2780. The fourth-order valence-electron chi connectivity index (χ4n) is 7.45. The Balaban J connectivity index is 1.28. The molecular weight excluding hydrogens is 607 g/mol. The number of rotatable bonds is 4. The summed E-state index contributed by atoms with van der Waals surface area (Å²) in [5.41, 5.74) is 11.3. The van der Waals surface area contributed by atoms with Crippen LogP contribution in [0.2, 0.25) is 0 Å². The first-order valence-corrected chi connectivity index (χ1v) is 17.6. The minimum atomic E-state index is 1.19. The van der Waals surface area contributed by atoms with E-state index < -0.39 is 0 Å². The third-order valence-electron chi connectivity index (χ3n) is 9.43. The summed E-state index contributed by atoms with van der Waals surface area (Å²) in [7, 11) is 0. The highest BCUT2D eigenvalue weighted by molar-refractivity contribution is 7.27. The van der Waals surface area contributed by atoms with Crippen LogP contribution >= 0.6 is 22.7 Å². The molecule has 3 aromatic heterocycles. The van der Waals surface area contributed by atoms with Gasteiger partial charge in [-0.3, -0.25) is 0 Å². The molecule has 0 fully saturated rings. The van der Waals surface area contributed by atoms with Crippen LogP contribution < -0.4 is 0 Å². The number of para-hydroxylation sites is 2. The van der Waals surface area contributed by atoms with Gasteiger partial charge in [0.1, 0.15) is 0 Å². The van der Waals surface area contributed by atoms with Crippen molar-refractivity contribution < 1.29 is 0 Å². The van der Waals surface area contributed by atoms with E-state index in [2.05, 4.69) is 168 Å². The maximum atomic E-state index is 2.47. The Morgan fingerprint density at radius 3 is 1.66 bits per heavy atom. The maximum Gasteiger partial charge on any atom is 0.0734 e. The first-order valence-electron chi connectivity index (χ1n) is 15.9. The van der Waals surface area contributed by atoms with Crippen molar-refractivity contribution in [3.8, 4) is 39.1 Å². The normalized spacial score (nSPS) is 11.8. The van der Waals surface area contributed by atoms with E-state index in [1.165, 1.54) is 90.4 Å². The second-order valence-corrected chi connectivity index (χ2v) is 14.1. The number of benzene rings is 7. The van der Waals surface area contributed by atoms with Gasteiger partial charge in [0.05, 0.1) is 15.7 Å². The molecule has 0 aliphatic rings. The highest BCUT2D eigenvalue weighted by atomic mass is 32.1. The van der Waals surface area contributed by atoms with E-state index in [1.54, 1.807) is 0 Å². The fourth-order valence-corrected chi connectivity index (χ4v) is 9.96. The smallest absolute Gasteiger partial charge is 0.0734 e. The van der Waals surface area contributed by atoms with Crippen LogP contribution in [0.4, 0.5) is 0 Å². The van der Waals surface area contributed by atoms with Crippen molar-refractivity contribution in [2.45, 2.75) is 0 Å². The average molecular weight is 634 g/mol. The highest BCUT2D eigenvalue weighted by Gasteiger charge is 2.22. The van der Waals surface area contributed by atoms with Crippen molar-refractivity contribution in [2.24, 2.45) is 0 Å². The summed E-state index contributed by atoms with van der Waals surface area (Å²) in [4.78, 5) is 0. The molecule has 0 atom stereocenters. The minimum Gasteiger partial charge on any atom is -0.308 e. The Kier molecular flexibility index (Phi) is 5.98. The molecule has 0 bridgehead atoms. The van der Waals surface area contributed by atoms with Crippen molar-refractivity contribution in [3.63, 3.8) is 0 Å². The van der Waals surface area contributed by atoms with E-state index in [1.807, 2.05) is 22.7 Å². The summed E-state index contributed by atoms with van der Waals surface area (Å²) in [6.07, 6.45) is 0. The van der Waals surface area contributed by atoms with Crippen molar-refractivity contribution in [1.29, 1.82) is 0 Å². The third kappa shape index (κ3) is 4.01. The molecule has 0 unspecified atom stereocenters. The van der Waals surface area contributed by atoms with Gasteiger partial charge in [-0.1, -0.05) is 133 Å². The van der Waals surface area contributed by atoms with Crippen LogP contribution in [0.1, 0.15) is 0 Å². The van der Waals surface area contributed by atoms with E-state index in [0.717, 1.165) is 0 Å². The molecule has 3 heteroatoms. The largest absolute Gasteiger partial charge is 0.308 e. The number of thiophene rings is 2. The maximum absolute atomic E-state index is 2.47. The zero-order valence-electron chi connectivity index (χ0n) is 25.4. The average Bonchev–Trinajstić information content (AvgIpc) is 3.81. The lowest BCUT2D eigenvalue weighted by atomic mass is 9.90. The summed E-state index contributed by atoms with van der Waals surface area (Å²) in [6.45, 7) is 0. The van der Waals surface area contributed by atoms with Crippen LogP contribution in [0.15, 0.2) is 164 Å². The predicted molar refractivity (Wildman–Crippen MR) is 205 cm³/mol. The predicted octanol–water partition coefficient (Wildman–Crippen LogP) is 13.4. The lowest BCUT2D eigenvalue weighted by molar-refractivity contribution is 1.19. The van der Waals surface area contributed by atoms with E-state index in [4.69, 9.17) is 0 Å². The molecule has 3 heterocycles. The first-order chi connectivity index (χ1) is 23.3. The van der Waals surface area contributed by atoms with E-state index >= 15 is 0 Å². The molecule has 0 saturated carbocycles. The molecule has 47 heavy (non-hydrogen) atoms. The van der Waals surface area contributed by atoms with Crippen LogP contribution in [0, 0.1) is 0 Å². The molecule has 1 nitrogen and oxygen atoms in total. The van der Waals surface area contributed by atoms with Crippen molar-refractivity contribution in [1.82, 2.24) is 4.57 Å². The second-order valence-electron chi connectivity index (χ2n) is 12.0. The molecule has 0 aliphatic heterocycles. The number of fused-ring (bicyclic) bond motifs is 8. The van der Waals surface area contributed by atoms with Crippen molar-refractivity contribution in [2.75, 3.05) is 0 Å². The minimum absolute atomic E-state index is 1.19. The molecule has 10 aromatic rings. The van der Waals surface area contributed by atoms with E-state index in [9.17, 15) is 0 Å². The van der Waals surface area contributed by atoms with Gasteiger partial charge in [0.2, 0.25) is 0 Å². The van der Waals surface area contributed by atoms with Crippen LogP contribution in [0.3, 0.4) is 0 Å². The summed E-state index contributed by atoms with van der Waals surface area (Å²) in [5, 5.41) is 5.26. The lowest BCUT2D eigenvalue weighted by Gasteiger charge is -2.14. The van der Waals surface area contributed by atoms with E-state index in [0.29, 0.717) is 0 Å². The summed E-state index contributed by atoms with van der Waals surface area (Å²) >= 11 is 3.80. The van der Waals surface area contributed by atoms with Crippen molar-refractivity contribution in [3.05, 3.63) is 164 Å². The molecular formula is C44H27NS2. The number of nitrogens with zero attached hydrogens (tertiary/aromatic N) is 1. The molecule has 220 valence electrons. The van der Waals surface area contributed by atoms with Crippen LogP contribution in [0.5, 0.6) is 0 Å². The van der Waals surface area contributed by atoms with Gasteiger partial charge in [-0.25, -0.2) is 0 Å². The summed E-state index contributed by atoms with van der Waals surface area (Å²) < 4.78 is 7.77. The van der Waals surface area contributed by atoms with Crippen LogP contribution in [-0.2, 0) is 0 Å². The van der Waals surface area contributed by atoms with Gasteiger partial charge in [0.15, 0.2) is 0 Å². The molecule has 0 amide bonds. The molecule has 0 radical (unpaired) electrons.